The van der Waals surface area contributed by atoms with Crippen LogP contribution in [0.3, 0.4) is 0 Å². The van der Waals surface area contributed by atoms with Gasteiger partial charge in [-0.3, -0.25) is 9.10 Å². The minimum Gasteiger partial charge on any atom is -0.496 e. The van der Waals surface area contributed by atoms with Gasteiger partial charge in [-0.25, -0.2) is 8.42 Å². The average molecular weight is 391 g/mol. The number of carbonyl (C=O) groups excluding carboxylic acids is 1. The highest BCUT2D eigenvalue weighted by atomic mass is 32.2. The van der Waals surface area contributed by atoms with Gasteiger partial charge in [0.1, 0.15) is 5.75 Å². The molecule has 0 aromatic heterocycles. The Morgan fingerprint density at radius 3 is 2.44 bits per heavy atom. The van der Waals surface area contributed by atoms with Crippen molar-refractivity contribution in [3.8, 4) is 5.75 Å². The van der Waals surface area contributed by atoms with Gasteiger partial charge >= 0.3 is 0 Å². The molecule has 146 valence electrons. The van der Waals surface area contributed by atoms with Gasteiger partial charge in [0.2, 0.25) is 10.0 Å². The van der Waals surface area contributed by atoms with Crippen molar-refractivity contribution in [1.82, 2.24) is 5.32 Å². The average Bonchev–Trinajstić information content (AvgIpc) is 2.65. The molecule has 2 aromatic carbocycles. The topological polar surface area (TPSA) is 75.7 Å². The van der Waals surface area contributed by atoms with Crippen LogP contribution in [0.15, 0.2) is 48.5 Å². The van der Waals surface area contributed by atoms with Gasteiger partial charge in [-0.15, -0.1) is 0 Å². The first kappa shape index (κ1) is 20.8. The molecule has 0 saturated heterocycles. The van der Waals surface area contributed by atoms with Crippen molar-refractivity contribution in [3.63, 3.8) is 0 Å². The van der Waals surface area contributed by atoms with Gasteiger partial charge in [0.25, 0.3) is 5.91 Å². The molecule has 0 aliphatic rings. The van der Waals surface area contributed by atoms with Crippen molar-refractivity contribution in [2.75, 3.05) is 24.7 Å². The van der Waals surface area contributed by atoms with Crippen LogP contribution in [0.2, 0.25) is 0 Å². The first-order valence-corrected chi connectivity index (χ1v) is 10.5. The number of anilines is 1. The molecule has 1 atom stereocenters. The maximum absolute atomic E-state index is 12.7. The summed E-state index contributed by atoms with van der Waals surface area (Å²) in [6.07, 6.45) is 2.76. The van der Waals surface area contributed by atoms with E-state index in [0.717, 1.165) is 23.4 Å². The third-order valence-electron chi connectivity index (χ3n) is 4.38. The Kier molecular flexibility index (Phi) is 6.85. The second-order valence-electron chi connectivity index (χ2n) is 6.51. The standard InChI is InChI=1S/C20H26N2O4S/c1-15(10-11-16-8-6-5-7-9-16)21-20(23)18-14-17(12-13-19(18)26-3)22(2)27(4,24)25/h5-9,12-15H,10-11H2,1-4H3,(H,21,23). The van der Waals surface area contributed by atoms with Crippen molar-refractivity contribution < 1.29 is 17.9 Å². The SMILES string of the molecule is COc1ccc(N(C)S(C)(=O)=O)cc1C(=O)NC(C)CCc1ccccc1. The molecule has 0 radical (unpaired) electrons. The van der Waals surface area contributed by atoms with Crippen molar-refractivity contribution in [3.05, 3.63) is 59.7 Å². The van der Waals surface area contributed by atoms with Crippen molar-refractivity contribution in [2.45, 2.75) is 25.8 Å². The van der Waals surface area contributed by atoms with Gasteiger partial charge in [-0.05, 0) is 43.5 Å². The van der Waals surface area contributed by atoms with E-state index in [1.807, 2.05) is 25.1 Å². The Morgan fingerprint density at radius 1 is 1.19 bits per heavy atom. The molecule has 2 rings (SSSR count). The smallest absolute Gasteiger partial charge is 0.255 e. The summed E-state index contributed by atoms with van der Waals surface area (Å²) in [4.78, 5) is 12.7. The Morgan fingerprint density at radius 2 is 1.85 bits per heavy atom. The number of hydrogen-bond acceptors (Lipinski definition) is 4. The third kappa shape index (κ3) is 5.72. The molecule has 0 saturated carbocycles. The van der Waals surface area contributed by atoms with E-state index in [2.05, 4.69) is 17.4 Å². The van der Waals surface area contributed by atoms with E-state index in [1.54, 1.807) is 12.1 Å². The van der Waals surface area contributed by atoms with Crippen LogP contribution in [0.1, 0.15) is 29.3 Å². The summed E-state index contributed by atoms with van der Waals surface area (Å²) in [5.41, 5.74) is 1.92. The van der Waals surface area contributed by atoms with Crippen LogP contribution in [0, 0.1) is 0 Å². The Balaban J connectivity index is 2.11. The molecule has 1 unspecified atom stereocenters. The lowest BCUT2D eigenvalue weighted by Crippen LogP contribution is -2.33. The second-order valence-corrected chi connectivity index (χ2v) is 8.53. The van der Waals surface area contributed by atoms with Gasteiger partial charge in [0.05, 0.1) is 24.6 Å². The zero-order valence-corrected chi connectivity index (χ0v) is 16.9. The lowest BCUT2D eigenvalue weighted by atomic mass is 10.1. The van der Waals surface area contributed by atoms with Crippen LogP contribution in [0.4, 0.5) is 5.69 Å². The van der Waals surface area contributed by atoms with Crippen molar-refractivity contribution in [2.24, 2.45) is 0 Å². The van der Waals surface area contributed by atoms with E-state index in [9.17, 15) is 13.2 Å². The lowest BCUT2D eigenvalue weighted by molar-refractivity contribution is 0.0935. The summed E-state index contributed by atoms with van der Waals surface area (Å²) >= 11 is 0. The van der Waals surface area contributed by atoms with E-state index >= 15 is 0 Å². The Bertz CT molecular complexity index is 882. The van der Waals surface area contributed by atoms with Crippen molar-refractivity contribution in [1.29, 1.82) is 0 Å². The van der Waals surface area contributed by atoms with E-state index < -0.39 is 10.0 Å². The predicted octanol–water partition coefficient (Wildman–Crippen LogP) is 2.84. The quantitative estimate of drug-likeness (QED) is 0.752. The summed E-state index contributed by atoms with van der Waals surface area (Å²) in [7, 11) is -0.497. The van der Waals surface area contributed by atoms with Gasteiger partial charge in [-0.1, -0.05) is 30.3 Å². The molecule has 0 fully saturated rings. The van der Waals surface area contributed by atoms with Crippen LogP contribution in [-0.2, 0) is 16.4 Å². The largest absolute Gasteiger partial charge is 0.496 e. The first-order chi connectivity index (χ1) is 12.7. The van der Waals surface area contributed by atoms with Crippen LogP contribution in [0.5, 0.6) is 5.75 Å². The maximum atomic E-state index is 12.7. The molecule has 2 aromatic rings. The number of carbonyl (C=O) groups is 1. The van der Waals surface area contributed by atoms with E-state index in [0.29, 0.717) is 17.0 Å². The maximum Gasteiger partial charge on any atom is 0.255 e. The minimum atomic E-state index is -3.42. The molecule has 0 heterocycles. The van der Waals surface area contributed by atoms with E-state index in [1.165, 1.54) is 25.8 Å². The van der Waals surface area contributed by atoms with Gasteiger partial charge < -0.3 is 10.1 Å². The number of amides is 1. The van der Waals surface area contributed by atoms with Gasteiger partial charge in [0, 0.05) is 13.1 Å². The fraction of sp³-hybridized carbons (Fsp3) is 0.350. The summed E-state index contributed by atoms with van der Waals surface area (Å²) < 4.78 is 29.9. The fourth-order valence-electron chi connectivity index (χ4n) is 2.66. The number of hydrogen-bond donors (Lipinski definition) is 1. The molecule has 1 N–H and O–H groups in total. The monoisotopic (exact) mass is 390 g/mol. The molecule has 6 nitrogen and oxygen atoms in total. The molecule has 0 aliphatic heterocycles. The Labute approximate surface area is 161 Å². The third-order valence-corrected chi connectivity index (χ3v) is 5.58. The molecular weight excluding hydrogens is 364 g/mol. The summed E-state index contributed by atoms with van der Waals surface area (Å²) in [5.74, 6) is 0.101. The number of rotatable bonds is 8. The molecule has 0 bridgehead atoms. The predicted molar refractivity (Wildman–Crippen MR) is 108 cm³/mol. The number of nitrogens with one attached hydrogen (secondary N) is 1. The van der Waals surface area contributed by atoms with Crippen LogP contribution < -0.4 is 14.4 Å². The number of nitrogens with zero attached hydrogens (tertiary/aromatic N) is 1. The number of ether oxygens (including phenoxy) is 1. The Hall–Kier alpha value is -2.54. The summed E-state index contributed by atoms with van der Waals surface area (Å²) in [6.45, 7) is 1.94. The molecule has 1 amide bonds. The van der Waals surface area contributed by atoms with Crippen LogP contribution in [0.25, 0.3) is 0 Å². The highest BCUT2D eigenvalue weighted by Gasteiger charge is 2.19. The fourth-order valence-corrected chi connectivity index (χ4v) is 3.16. The first-order valence-electron chi connectivity index (χ1n) is 8.69. The second kappa shape index (κ2) is 8.90. The zero-order valence-electron chi connectivity index (χ0n) is 16.1. The molecule has 0 spiro atoms. The van der Waals surface area contributed by atoms with E-state index in [4.69, 9.17) is 4.74 Å². The highest BCUT2D eigenvalue weighted by molar-refractivity contribution is 7.92. The summed E-state index contributed by atoms with van der Waals surface area (Å²) in [6, 6.07) is 14.8. The highest BCUT2D eigenvalue weighted by Crippen LogP contribution is 2.26. The van der Waals surface area contributed by atoms with Gasteiger partial charge in [-0.2, -0.15) is 0 Å². The normalized spacial score (nSPS) is 12.3. The molecule has 7 heteroatoms. The minimum absolute atomic E-state index is 0.0429. The number of methoxy groups -OCH3 is 1. The van der Waals surface area contributed by atoms with Crippen LogP contribution in [-0.4, -0.2) is 40.8 Å². The van der Waals surface area contributed by atoms with E-state index in [-0.39, 0.29) is 11.9 Å². The number of benzene rings is 2. The number of aryl methyl sites for hydroxylation is 1. The zero-order chi connectivity index (χ0) is 20.0. The molecular formula is C20H26N2O4S. The number of sulfonamides is 1. The molecule has 27 heavy (non-hydrogen) atoms. The molecule has 0 aliphatic carbocycles. The summed E-state index contributed by atoms with van der Waals surface area (Å²) in [5, 5.41) is 2.96. The van der Waals surface area contributed by atoms with Crippen LogP contribution >= 0.6 is 0 Å². The lowest BCUT2D eigenvalue weighted by Gasteiger charge is -2.20. The van der Waals surface area contributed by atoms with Crippen molar-refractivity contribution >= 4 is 21.6 Å². The van der Waals surface area contributed by atoms with Gasteiger partial charge in [0.15, 0.2) is 0 Å².